The lowest BCUT2D eigenvalue weighted by Gasteiger charge is -2.34. The lowest BCUT2D eigenvalue weighted by atomic mass is 9.94. The van der Waals surface area contributed by atoms with Crippen LogP contribution in [0.3, 0.4) is 0 Å². The second kappa shape index (κ2) is 10.8. The van der Waals surface area contributed by atoms with E-state index in [1.165, 1.54) is 12.4 Å². The van der Waals surface area contributed by atoms with Gasteiger partial charge in [0.05, 0.1) is 35.8 Å². The molecule has 2 amide bonds. The summed E-state index contributed by atoms with van der Waals surface area (Å²) in [5.74, 6) is -4.29. The maximum atomic E-state index is 14.4. The van der Waals surface area contributed by atoms with E-state index in [1.54, 1.807) is 6.07 Å². The van der Waals surface area contributed by atoms with E-state index in [0.29, 0.717) is 18.4 Å². The highest BCUT2D eigenvalue weighted by molar-refractivity contribution is 6.03. The molecule has 8 nitrogen and oxygen atoms in total. The van der Waals surface area contributed by atoms with Crippen LogP contribution in [-0.4, -0.2) is 39.1 Å². The van der Waals surface area contributed by atoms with E-state index in [4.69, 9.17) is 10.5 Å². The molecule has 0 saturated carbocycles. The molecule has 1 aliphatic rings. The maximum Gasteiger partial charge on any atom is 0.274 e. The SMILES string of the molecule is NC(=O)CC[C@@H]1CC(O)CC(c2ccncc2NC(=O)c2ccc(F)c(-c3c(F)cccc3F)n2)O1. The third-order valence-corrected chi connectivity index (χ3v) is 5.82. The second-order valence-corrected chi connectivity index (χ2v) is 8.42. The Kier molecular flexibility index (Phi) is 7.61. The first-order valence-electron chi connectivity index (χ1n) is 11.2. The van der Waals surface area contributed by atoms with Crippen molar-refractivity contribution < 1.29 is 32.6 Å². The number of nitrogens with two attached hydrogens (primary N) is 1. The highest BCUT2D eigenvalue weighted by Crippen LogP contribution is 2.36. The van der Waals surface area contributed by atoms with Crippen molar-refractivity contribution in [1.29, 1.82) is 0 Å². The smallest absolute Gasteiger partial charge is 0.274 e. The van der Waals surface area contributed by atoms with Crippen molar-refractivity contribution in [2.45, 2.75) is 44.0 Å². The molecule has 3 atom stereocenters. The number of anilines is 1. The number of aliphatic hydroxyl groups excluding tert-OH is 1. The topological polar surface area (TPSA) is 127 Å². The molecule has 4 rings (SSSR count). The number of rotatable bonds is 7. The van der Waals surface area contributed by atoms with E-state index in [2.05, 4.69) is 15.3 Å². The van der Waals surface area contributed by atoms with Crippen LogP contribution in [0.2, 0.25) is 0 Å². The molecule has 1 aromatic carbocycles. The zero-order valence-electron chi connectivity index (χ0n) is 19.0. The van der Waals surface area contributed by atoms with Crippen LogP contribution in [-0.2, 0) is 9.53 Å². The number of pyridine rings is 2. The van der Waals surface area contributed by atoms with Crippen molar-refractivity contribution >= 4 is 17.5 Å². The number of halogens is 3. The highest BCUT2D eigenvalue weighted by Gasteiger charge is 2.31. The van der Waals surface area contributed by atoms with Gasteiger partial charge in [0.25, 0.3) is 5.91 Å². The van der Waals surface area contributed by atoms with Crippen LogP contribution in [0.1, 0.15) is 47.8 Å². The third-order valence-electron chi connectivity index (χ3n) is 5.82. The molecule has 36 heavy (non-hydrogen) atoms. The first-order chi connectivity index (χ1) is 17.2. The average Bonchev–Trinajstić information content (AvgIpc) is 2.83. The normalized spacial score (nSPS) is 19.6. The van der Waals surface area contributed by atoms with Crippen LogP contribution in [0.4, 0.5) is 18.9 Å². The highest BCUT2D eigenvalue weighted by atomic mass is 19.1. The van der Waals surface area contributed by atoms with Crippen LogP contribution in [0, 0.1) is 17.5 Å². The van der Waals surface area contributed by atoms with Gasteiger partial charge in [0.1, 0.15) is 28.8 Å². The fourth-order valence-electron chi connectivity index (χ4n) is 4.12. The molecule has 2 aromatic heterocycles. The van der Waals surface area contributed by atoms with Crippen molar-refractivity contribution in [2.24, 2.45) is 5.73 Å². The van der Waals surface area contributed by atoms with E-state index < -0.39 is 58.8 Å². The molecule has 1 saturated heterocycles. The molecule has 0 aliphatic carbocycles. The van der Waals surface area contributed by atoms with Gasteiger partial charge in [0.15, 0.2) is 0 Å². The van der Waals surface area contributed by atoms with Gasteiger partial charge in [-0.1, -0.05) is 6.07 Å². The number of carbonyl (C=O) groups is 2. The Morgan fingerprint density at radius 1 is 1.08 bits per heavy atom. The quantitative estimate of drug-likeness (QED) is 0.454. The standard InChI is InChI=1S/C25H23F3N4O4/c26-16-2-1-3-17(27)23(16)24-18(28)5-6-19(31-24)25(35)32-20-12-30-9-8-15(20)21-11-13(33)10-14(36-21)4-7-22(29)34/h1-3,5-6,8-9,12-14,21,33H,4,7,10-11H2,(H2,29,34)(H,32,35)/t13?,14-,21?/m1/s1. The lowest BCUT2D eigenvalue weighted by Crippen LogP contribution is -2.32. The Labute approximate surface area is 204 Å². The predicted octanol–water partition coefficient (Wildman–Crippen LogP) is 3.66. The van der Waals surface area contributed by atoms with Gasteiger partial charge in [-0.05, 0) is 43.2 Å². The summed E-state index contributed by atoms with van der Waals surface area (Å²) in [7, 11) is 0. The van der Waals surface area contributed by atoms with E-state index in [9.17, 15) is 27.9 Å². The minimum Gasteiger partial charge on any atom is -0.393 e. The van der Waals surface area contributed by atoms with Gasteiger partial charge in [-0.15, -0.1) is 0 Å². The van der Waals surface area contributed by atoms with Crippen molar-refractivity contribution in [1.82, 2.24) is 9.97 Å². The summed E-state index contributed by atoms with van der Waals surface area (Å²) in [4.78, 5) is 32.0. The molecule has 0 radical (unpaired) electrons. The Morgan fingerprint density at radius 3 is 2.56 bits per heavy atom. The number of benzene rings is 1. The minimum atomic E-state index is -1.02. The number of amides is 2. The summed E-state index contributed by atoms with van der Waals surface area (Å²) in [5.41, 5.74) is 4.38. The molecule has 0 bridgehead atoms. The summed E-state index contributed by atoms with van der Waals surface area (Å²) in [6.45, 7) is 0. The molecule has 188 valence electrons. The zero-order valence-corrected chi connectivity index (χ0v) is 19.0. The van der Waals surface area contributed by atoms with Gasteiger partial charge in [0, 0.05) is 24.6 Å². The molecular weight excluding hydrogens is 477 g/mol. The third kappa shape index (κ3) is 5.69. The van der Waals surface area contributed by atoms with E-state index in [1.807, 2.05) is 0 Å². The monoisotopic (exact) mass is 500 g/mol. The van der Waals surface area contributed by atoms with Gasteiger partial charge in [-0.25, -0.2) is 18.2 Å². The van der Waals surface area contributed by atoms with Crippen LogP contribution < -0.4 is 11.1 Å². The van der Waals surface area contributed by atoms with Gasteiger partial charge in [-0.2, -0.15) is 0 Å². The molecule has 3 aromatic rings. The molecule has 2 unspecified atom stereocenters. The van der Waals surface area contributed by atoms with Crippen molar-refractivity contribution in [2.75, 3.05) is 5.32 Å². The number of aromatic nitrogens is 2. The van der Waals surface area contributed by atoms with E-state index in [-0.39, 0.29) is 24.2 Å². The number of hydrogen-bond acceptors (Lipinski definition) is 6. The molecule has 11 heteroatoms. The Bertz CT molecular complexity index is 1270. The van der Waals surface area contributed by atoms with Crippen LogP contribution in [0.15, 0.2) is 48.8 Å². The summed E-state index contributed by atoms with van der Waals surface area (Å²) >= 11 is 0. The first-order valence-corrected chi connectivity index (χ1v) is 11.2. The molecule has 0 spiro atoms. The number of nitrogens with one attached hydrogen (secondary N) is 1. The number of aliphatic hydroxyl groups is 1. The lowest BCUT2D eigenvalue weighted by molar-refractivity contribution is -0.122. The molecule has 1 fully saturated rings. The largest absolute Gasteiger partial charge is 0.393 e. The summed E-state index contributed by atoms with van der Waals surface area (Å²) in [6.07, 6.45) is 2.15. The van der Waals surface area contributed by atoms with Gasteiger partial charge < -0.3 is 20.9 Å². The number of hydrogen-bond donors (Lipinski definition) is 3. The summed E-state index contributed by atoms with van der Waals surface area (Å²) in [6, 6.07) is 6.66. The number of ether oxygens (including phenoxy) is 1. The molecule has 1 aliphatic heterocycles. The molecular formula is C25H23F3N4O4. The van der Waals surface area contributed by atoms with Crippen LogP contribution in [0.5, 0.6) is 0 Å². The number of carbonyl (C=O) groups excluding carboxylic acids is 2. The summed E-state index contributed by atoms with van der Waals surface area (Å²) < 4.78 is 48.8. The number of nitrogens with zero attached hydrogens (tertiary/aromatic N) is 2. The van der Waals surface area contributed by atoms with E-state index in [0.717, 1.165) is 30.3 Å². The van der Waals surface area contributed by atoms with Gasteiger partial charge >= 0.3 is 0 Å². The van der Waals surface area contributed by atoms with Gasteiger partial charge in [0.2, 0.25) is 5.91 Å². The van der Waals surface area contributed by atoms with Crippen molar-refractivity contribution in [3.63, 3.8) is 0 Å². The number of primary amides is 1. The Hall–Kier alpha value is -3.83. The van der Waals surface area contributed by atoms with Gasteiger partial charge in [-0.3, -0.25) is 14.6 Å². The first kappa shape index (κ1) is 25.3. The van der Waals surface area contributed by atoms with Crippen LogP contribution in [0.25, 0.3) is 11.3 Å². The average molecular weight is 500 g/mol. The second-order valence-electron chi connectivity index (χ2n) is 8.42. The van der Waals surface area contributed by atoms with Crippen LogP contribution >= 0.6 is 0 Å². The minimum absolute atomic E-state index is 0.102. The maximum absolute atomic E-state index is 14.4. The van der Waals surface area contributed by atoms with Crippen molar-refractivity contribution in [3.8, 4) is 11.3 Å². The Morgan fingerprint density at radius 2 is 1.83 bits per heavy atom. The predicted molar refractivity (Wildman–Crippen MR) is 123 cm³/mol. The summed E-state index contributed by atoms with van der Waals surface area (Å²) in [5, 5.41) is 13.0. The fourth-order valence-corrected chi connectivity index (χ4v) is 4.12. The fraction of sp³-hybridized carbons (Fsp3) is 0.280. The Balaban J connectivity index is 1.58. The van der Waals surface area contributed by atoms with E-state index >= 15 is 0 Å². The van der Waals surface area contributed by atoms with Crippen molar-refractivity contribution in [3.05, 3.63) is 77.5 Å². The zero-order chi connectivity index (χ0) is 25.8. The molecule has 3 heterocycles. The molecule has 4 N–H and O–H groups in total.